The van der Waals surface area contributed by atoms with E-state index >= 15 is 0 Å². The van der Waals surface area contributed by atoms with Gasteiger partial charge in [0.2, 0.25) is 0 Å². The number of hydrogen-bond acceptors (Lipinski definition) is 2. The third-order valence-electron chi connectivity index (χ3n) is 4.81. The van der Waals surface area contributed by atoms with Gasteiger partial charge in [-0.15, -0.1) is 0 Å². The summed E-state index contributed by atoms with van der Waals surface area (Å²) in [6.07, 6.45) is 1.91. The highest BCUT2D eigenvalue weighted by atomic mass is 16.2. The molecular weight excluding hydrogens is 310 g/mol. The summed E-state index contributed by atoms with van der Waals surface area (Å²) in [6.45, 7) is 6.20. The molecule has 0 unspecified atom stereocenters. The largest absolute Gasteiger partial charge is 0.368 e. The SMILES string of the molecule is CCc1ccccc1N1CCN(C(=O)NCCc2ccccc2)CC1. The Labute approximate surface area is 150 Å². The molecule has 0 bridgehead atoms. The van der Waals surface area contributed by atoms with E-state index in [4.69, 9.17) is 0 Å². The van der Waals surface area contributed by atoms with Crippen LogP contribution in [0.3, 0.4) is 0 Å². The molecule has 3 rings (SSSR count). The lowest BCUT2D eigenvalue weighted by Crippen LogP contribution is -2.52. The molecule has 0 radical (unpaired) electrons. The molecule has 1 fully saturated rings. The number of para-hydroxylation sites is 1. The number of urea groups is 1. The van der Waals surface area contributed by atoms with Crippen molar-refractivity contribution < 1.29 is 4.79 Å². The molecule has 0 spiro atoms. The van der Waals surface area contributed by atoms with Crippen molar-refractivity contribution in [3.63, 3.8) is 0 Å². The van der Waals surface area contributed by atoms with Crippen LogP contribution in [0.2, 0.25) is 0 Å². The second-order valence-corrected chi connectivity index (χ2v) is 6.42. The van der Waals surface area contributed by atoms with Crippen LogP contribution in [-0.4, -0.2) is 43.7 Å². The van der Waals surface area contributed by atoms with Crippen molar-refractivity contribution >= 4 is 11.7 Å². The first kappa shape index (κ1) is 17.3. The number of carbonyl (C=O) groups is 1. The summed E-state index contributed by atoms with van der Waals surface area (Å²) in [5, 5.41) is 3.05. The van der Waals surface area contributed by atoms with Gasteiger partial charge in [-0.25, -0.2) is 4.79 Å². The van der Waals surface area contributed by atoms with E-state index in [1.165, 1.54) is 16.8 Å². The lowest BCUT2D eigenvalue weighted by molar-refractivity contribution is 0.194. The Balaban J connectivity index is 1.46. The Kier molecular flexibility index (Phi) is 5.94. The molecule has 4 nitrogen and oxygen atoms in total. The van der Waals surface area contributed by atoms with Gasteiger partial charge in [-0.2, -0.15) is 0 Å². The molecule has 1 aliphatic rings. The number of anilines is 1. The van der Waals surface area contributed by atoms with Crippen molar-refractivity contribution in [2.24, 2.45) is 0 Å². The van der Waals surface area contributed by atoms with Crippen molar-refractivity contribution in [3.8, 4) is 0 Å². The Morgan fingerprint density at radius 2 is 1.64 bits per heavy atom. The number of nitrogens with zero attached hydrogens (tertiary/aromatic N) is 2. The maximum absolute atomic E-state index is 12.4. The van der Waals surface area contributed by atoms with Crippen LogP contribution in [0.4, 0.5) is 10.5 Å². The summed E-state index contributed by atoms with van der Waals surface area (Å²) in [4.78, 5) is 16.7. The number of benzene rings is 2. The van der Waals surface area contributed by atoms with Gasteiger partial charge in [0.25, 0.3) is 0 Å². The fraction of sp³-hybridized carbons (Fsp3) is 0.381. The minimum atomic E-state index is 0.0550. The number of hydrogen-bond donors (Lipinski definition) is 1. The zero-order chi connectivity index (χ0) is 17.5. The maximum atomic E-state index is 12.4. The number of amides is 2. The van der Waals surface area contributed by atoms with Crippen LogP contribution in [0.5, 0.6) is 0 Å². The molecule has 132 valence electrons. The average Bonchev–Trinajstić information content (AvgIpc) is 2.69. The van der Waals surface area contributed by atoms with E-state index in [1.807, 2.05) is 23.1 Å². The van der Waals surface area contributed by atoms with E-state index in [2.05, 4.69) is 53.5 Å². The summed E-state index contributed by atoms with van der Waals surface area (Å²) in [6, 6.07) is 18.9. The summed E-state index contributed by atoms with van der Waals surface area (Å²) >= 11 is 0. The lowest BCUT2D eigenvalue weighted by atomic mass is 10.1. The zero-order valence-electron chi connectivity index (χ0n) is 14.9. The third-order valence-corrected chi connectivity index (χ3v) is 4.81. The predicted molar refractivity (Wildman–Crippen MR) is 103 cm³/mol. The molecule has 0 aromatic heterocycles. The fourth-order valence-corrected chi connectivity index (χ4v) is 3.34. The Morgan fingerprint density at radius 1 is 0.960 bits per heavy atom. The van der Waals surface area contributed by atoms with E-state index in [0.717, 1.165) is 39.0 Å². The second kappa shape index (κ2) is 8.56. The van der Waals surface area contributed by atoms with Gasteiger partial charge in [-0.1, -0.05) is 55.5 Å². The van der Waals surface area contributed by atoms with Crippen LogP contribution < -0.4 is 10.2 Å². The molecule has 2 amide bonds. The number of aryl methyl sites for hydroxylation is 1. The van der Waals surface area contributed by atoms with Crippen molar-refractivity contribution in [1.82, 2.24) is 10.2 Å². The smallest absolute Gasteiger partial charge is 0.317 e. The van der Waals surface area contributed by atoms with E-state index in [1.54, 1.807) is 0 Å². The van der Waals surface area contributed by atoms with E-state index in [-0.39, 0.29) is 6.03 Å². The number of rotatable bonds is 5. The monoisotopic (exact) mass is 337 g/mol. The van der Waals surface area contributed by atoms with Gasteiger partial charge in [0.1, 0.15) is 0 Å². The molecule has 1 N–H and O–H groups in total. The van der Waals surface area contributed by atoms with Gasteiger partial charge in [0.15, 0.2) is 0 Å². The standard InChI is InChI=1S/C21H27N3O/c1-2-19-10-6-7-11-20(19)23-14-16-24(17-15-23)21(25)22-13-12-18-8-4-3-5-9-18/h3-11H,2,12-17H2,1H3,(H,22,25). The van der Waals surface area contributed by atoms with Crippen molar-refractivity contribution in [3.05, 3.63) is 65.7 Å². The first-order chi connectivity index (χ1) is 12.3. The first-order valence-electron chi connectivity index (χ1n) is 9.17. The van der Waals surface area contributed by atoms with E-state index in [9.17, 15) is 4.79 Å². The summed E-state index contributed by atoms with van der Waals surface area (Å²) in [7, 11) is 0. The van der Waals surface area contributed by atoms with Crippen LogP contribution in [0.25, 0.3) is 0 Å². The van der Waals surface area contributed by atoms with Gasteiger partial charge < -0.3 is 15.1 Å². The minimum absolute atomic E-state index is 0.0550. The molecule has 1 aliphatic heterocycles. The molecule has 4 heteroatoms. The van der Waals surface area contributed by atoms with E-state index in [0.29, 0.717) is 6.54 Å². The predicted octanol–water partition coefficient (Wildman–Crippen LogP) is 3.32. The highest BCUT2D eigenvalue weighted by Gasteiger charge is 2.21. The average molecular weight is 337 g/mol. The quantitative estimate of drug-likeness (QED) is 0.908. The fourth-order valence-electron chi connectivity index (χ4n) is 3.34. The molecule has 1 heterocycles. The van der Waals surface area contributed by atoms with Crippen LogP contribution in [0, 0.1) is 0 Å². The van der Waals surface area contributed by atoms with E-state index < -0.39 is 0 Å². The third kappa shape index (κ3) is 4.53. The summed E-state index contributed by atoms with van der Waals surface area (Å²) < 4.78 is 0. The minimum Gasteiger partial charge on any atom is -0.368 e. The van der Waals surface area contributed by atoms with Crippen LogP contribution in [0.15, 0.2) is 54.6 Å². The van der Waals surface area contributed by atoms with Gasteiger partial charge in [-0.05, 0) is 30.0 Å². The van der Waals surface area contributed by atoms with Crippen molar-refractivity contribution in [2.45, 2.75) is 19.8 Å². The molecule has 2 aromatic rings. The molecule has 0 atom stereocenters. The Bertz CT molecular complexity index is 679. The van der Waals surface area contributed by atoms with Gasteiger partial charge >= 0.3 is 6.03 Å². The van der Waals surface area contributed by atoms with Crippen LogP contribution in [0.1, 0.15) is 18.1 Å². The zero-order valence-corrected chi connectivity index (χ0v) is 14.9. The second-order valence-electron chi connectivity index (χ2n) is 6.42. The highest BCUT2D eigenvalue weighted by molar-refractivity contribution is 5.74. The summed E-state index contributed by atoms with van der Waals surface area (Å²) in [5.74, 6) is 0. The molecule has 0 saturated carbocycles. The Hall–Kier alpha value is -2.49. The molecular formula is C21H27N3O. The molecule has 2 aromatic carbocycles. The lowest BCUT2D eigenvalue weighted by Gasteiger charge is -2.37. The number of piperazine rings is 1. The molecule has 1 saturated heterocycles. The normalized spacial score (nSPS) is 14.4. The maximum Gasteiger partial charge on any atom is 0.317 e. The van der Waals surface area contributed by atoms with Crippen molar-refractivity contribution in [2.75, 3.05) is 37.6 Å². The number of nitrogens with one attached hydrogen (secondary N) is 1. The van der Waals surface area contributed by atoms with Gasteiger partial charge in [0.05, 0.1) is 0 Å². The topological polar surface area (TPSA) is 35.6 Å². The van der Waals surface area contributed by atoms with Crippen LogP contribution in [-0.2, 0) is 12.8 Å². The Morgan fingerprint density at radius 3 is 2.36 bits per heavy atom. The first-order valence-corrected chi connectivity index (χ1v) is 9.17. The van der Waals surface area contributed by atoms with Gasteiger partial charge in [0, 0.05) is 38.4 Å². The highest BCUT2D eigenvalue weighted by Crippen LogP contribution is 2.22. The number of carbonyl (C=O) groups excluding carboxylic acids is 1. The molecule has 25 heavy (non-hydrogen) atoms. The summed E-state index contributed by atoms with van der Waals surface area (Å²) in [5.41, 5.74) is 3.95. The van der Waals surface area contributed by atoms with Crippen LogP contribution >= 0.6 is 0 Å². The van der Waals surface area contributed by atoms with Crippen molar-refractivity contribution in [1.29, 1.82) is 0 Å². The molecule has 0 aliphatic carbocycles. The van der Waals surface area contributed by atoms with Gasteiger partial charge in [-0.3, -0.25) is 0 Å².